The number of rotatable bonds is 6. The van der Waals surface area contributed by atoms with Crippen LogP contribution in [0.25, 0.3) is 0 Å². The van der Waals surface area contributed by atoms with Crippen molar-refractivity contribution in [3.05, 3.63) is 12.7 Å². The maximum atomic E-state index is 11.7. The van der Waals surface area contributed by atoms with E-state index in [0.717, 1.165) is 38.9 Å². The van der Waals surface area contributed by atoms with E-state index < -0.39 is 0 Å². The summed E-state index contributed by atoms with van der Waals surface area (Å²) in [6.45, 7) is 6.56. The van der Waals surface area contributed by atoms with Crippen LogP contribution in [0, 0.1) is 5.92 Å². The summed E-state index contributed by atoms with van der Waals surface area (Å²) in [7, 11) is 1.97. The third kappa shape index (κ3) is 6.92. The first-order valence-electron chi connectivity index (χ1n) is 5.81. The molecule has 0 aliphatic carbocycles. The van der Waals surface area contributed by atoms with E-state index in [9.17, 15) is 4.79 Å². The maximum Gasteiger partial charge on any atom is 0.222 e. The monoisotopic (exact) mass is 282 g/mol. The zero-order valence-corrected chi connectivity index (χ0v) is 12.1. The molecule has 1 fully saturated rings. The summed E-state index contributed by atoms with van der Waals surface area (Å²) in [4.78, 5) is 13.7. The molecule has 0 aromatic carbocycles. The molecular weight excluding hydrogens is 259 g/mol. The lowest BCUT2D eigenvalue weighted by atomic mass is 10.1. The highest BCUT2D eigenvalue weighted by molar-refractivity contribution is 5.85. The summed E-state index contributed by atoms with van der Waals surface area (Å²) in [6, 6.07) is 0. The molecular formula is C12H24Cl2N2O. The van der Waals surface area contributed by atoms with E-state index >= 15 is 0 Å². The summed E-state index contributed by atoms with van der Waals surface area (Å²) >= 11 is 0. The van der Waals surface area contributed by atoms with Crippen molar-refractivity contribution in [2.75, 3.05) is 26.7 Å². The molecule has 0 aromatic heterocycles. The second-order valence-corrected chi connectivity index (χ2v) is 4.23. The van der Waals surface area contributed by atoms with Gasteiger partial charge in [-0.15, -0.1) is 31.4 Å². The summed E-state index contributed by atoms with van der Waals surface area (Å²) < 4.78 is 0. The van der Waals surface area contributed by atoms with Crippen LogP contribution in [-0.2, 0) is 4.79 Å². The quantitative estimate of drug-likeness (QED) is 0.599. The van der Waals surface area contributed by atoms with E-state index in [1.54, 1.807) is 0 Å². The van der Waals surface area contributed by atoms with Gasteiger partial charge < -0.3 is 10.2 Å². The van der Waals surface area contributed by atoms with Gasteiger partial charge in [-0.3, -0.25) is 4.79 Å². The molecule has 0 aromatic rings. The van der Waals surface area contributed by atoms with Crippen LogP contribution in [0.2, 0.25) is 0 Å². The molecule has 1 N–H and O–H groups in total. The van der Waals surface area contributed by atoms with Crippen molar-refractivity contribution >= 4 is 30.7 Å². The normalized spacial score (nSPS) is 18.2. The molecule has 0 saturated carbocycles. The fraction of sp³-hybridized carbons (Fsp3) is 0.750. The largest absolute Gasteiger partial charge is 0.342 e. The number of nitrogens with one attached hydrogen (secondary N) is 1. The summed E-state index contributed by atoms with van der Waals surface area (Å²) in [5, 5.41) is 3.17. The number of carbonyl (C=O) groups excluding carboxylic acids is 1. The summed E-state index contributed by atoms with van der Waals surface area (Å²) in [5.41, 5.74) is 0. The maximum absolute atomic E-state index is 11.7. The molecule has 0 spiro atoms. The van der Waals surface area contributed by atoms with Gasteiger partial charge in [0.2, 0.25) is 5.91 Å². The summed E-state index contributed by atoms with van der Waals surface area (Å²) in [5.74, 6) is 0.966. The van der Waals surface area contributed by atoms with Gasteiger partial charge >= 0.3 is 0 Å². The molecule has 1 saturated heterocycles. The van der Waals surface area contributed by atoms with Crippen molar-refractivity contribution in [3.63, 3.8) is 0 Å². The van der Waals surface area contributed by atoms with Crippen LogP contribution in [0.4, 0.5) is 0 Å². The van der Waals surface area contributed by atoms with E-state index in [0.29, 0.717) is 18.2 Å². The van der Waals surface area contributed by atoms with Crippen molar-refractivity contribution in [3.8, 4) is 0 Å². The van der Waals surface area contributed by atoms with Crippen molar-refractivity contribution in [1.82, 2.24) is 10.2 Å². The minimum atomic E-state index is 0. The molecule has 1 amide bonds. The lowest BCUT2D eigenvalue weighted by molar-refractivity contribution is -0.130. The van der Waals surface area contributed by atoms with Crippen LogP contribution in [-0.4, -0.2) is 37.5 Å². The van der Waals surface area contributed by atoms with Gasteiger partial charge in [-0.2, -0.15) is 0 Å². The number of hydrogen-bond acceptors (Lipinski definition) is 2. The molecule has 17 heavy (non-hydrogen) atoms. The third-order valence-electron chi connectivity index (χ3n) is 2.93. The topological polar surface area (TPSA) is 32.3 Å². The Labute approximate surface area is 117 Å². The van der Waals surface area contributed by atoms with Gasteiger partial charge in [-0.05, 0) is 38.8 Å². The Kier molecular flexibility index (Phi) is 12.2. The lowest BCUT2D eigenvalue weighted by Crippen LogP contribution is -2.30. The molecule has 5 heteroatoms. The number of unbranched alkanes of at least 4 members (excludes halogenated alkanes) is 1. The first-order chi connectivity index (χ1) is 7.27. The van der Waals surface area contributed by atoms with Gasteiger partial charge in [-0.1, -0.05) is 6.08 Å². The number of carbonyl (C=O) groups is 1. The second kappa shape index (κ2) is 10.9. The average Bonchev–Trinajstić information content (AvgIpc) is 2.67. The first-order valence-corrected chi connectivity index (χ1v) is 5.81. The van der Waals surface area contributed by atoms with E-state index in [1.165, 1.54) is 0 Å². The van der Waals surface area contributed by atoms with Crippen LogP contribution in [0.3, 0.4) is 0 Å². The van der Waals surface area contributed by atoms with Gasteiger partial charge in [-0.25, -0.2) is 0 Å². The molecule has 0 bridgehead atoms. The van der Waals surface area contributed by atoms with E-state index in [4.69, 9.17) is 0 Å². The van der Waals surface area contributed by atoms with E-state index in [-0.39, 0.29) is 24.8 Å². The van der Waals surface area contributed by atoms with Crippen molar-refractivity contribution in [2.24, 2.45) is 5.92 Å². The minimum absolute atomic E-state index is 0. The first kappa shape index (κ1) is 19.1. The number of allylic oxidation sites excluding steroid dienone is 1. The second-order valence-electron chi connectivity index (χ2n) is 4.23. The van der Waals surface area contributed by atoms with Crippen LogP contribution in [0.15, 0.2) is 12.7 Å². The van der Waals surface area contributed by atoms with Gasteiger partial charge in [0.25, 0.3) is 0 Å². The predicted molar refractivity (Wildman–Crippen MR) is 77.2 cm³/mol. The number of likely N-dealkylation sites (tertiary alicyclic amines) is 1. The van der Waals surface area contributed by atoms with Crippen molar-refractivity contribution in [2.45, 2.75) is 25.7 Å². The number of amides is 1. The zero-order chi connectivity index (χ0) is 11.1. The van der Waals surface area contributed by atoms with E-state index in [1.807, 2.05) is 18.0 Å². The summed E-state index contributed by atoms with van der Waals surface area (Å²) in [6.07, 6.45) is 5.59. The number of hydrogen-bond donors (Lipinski definition) is 1. The average molecular weight is 283 g/mol. The van der Waals surface area contributed by atoms with Crippen LogP contribution < -0.4 is 5.32 Å². The zero-order valence-electron chi connectivity index (χ0n) is 10.5. The SMILES string of the molecule is C=CCCCC(=O)N1CCC(CNC)C1.Cl.Cl. The molecule has 1 aliphatic heterocycles. The molecule has 1 heterocycles. The Morgan fingerprint density at radius 3 is 2.82 bits per heavy atom. The molecule has 0 radical (unpaired) electrons. The Hall–Kier alpha value is -0.250. The van der Waals surface area contributed by atoms with Crippen LogP contribution in [0.1, 0.15) is 25.7 Å². The molecule has 102 valence electrons. The van der Waals surface area contributed by atoms with Gasteiger partial charge in [0.1, 0.15) is 0 Å². The van der Waals surface area contributed by atoms with Crippen LogP contribution in [0.5, 0.6) is 0 Å². The molecule has 1 rings (SSSR count). The molecule has 1 aliphatic rings. The fourth-order valence-corrected chi connectivity index (χ4v) is 2.07. The standard InChI is InChI=1S/C12H22N2O.2ClH/c1-3-4-5-6-12(15)14-8-7-11(10-14)9-13-2;;/h3,11,13H,1,4-10H2,2H3;2*1H. The van der Waals surface area contributed by atoms with E-state index in [2.05, 4.69) is 11.9 Å². The molecule has 3 nitrogen and oxygen atoms in total. The highest BCUT2D eigenvalue weighted by Gasteiger charge is 2.24. The van der Waals surface area contributed by atoms with Crippen LogP contribution >= 0.6 is 24.8 Å². The van der Waals surface area contributed by atoms with Crippen molar-refractivity contribution < 1.29 is 4.79 Å². The smallest absolute Gasteiger partial charge is 0.222 e. The highest BCUT2D eigenvalue weighted by Crippen LogP contribution is 2.16. The molecule has 1 unspecified atom stereocenters. The predicted octanol–water partition coefficient (Wildman–Crippen LogP) is 2.25. The number of nitrogens with zero attached hydrogens (tertiary/aromatic N) is 1. The Bertz CT molecular complexity index is 225. The number of halogens is 2. The van der Waals surface area contributed by atoms with Gasteiger partial charge in [0, 0.05) is 19.5 Å². The third-order valence-corrected chi connectivity index (χ3v) is 2.93. The van der Waals surface area contributed by atoms with Gasteiger partial charge in [0.15, 0.2) is 0 Å². The Morgan fingerprint density at radius 2 is 2.24 bits per heavy atom. The Balaban J connectivity index is 0. The molecule has 1 atom stereocenters. The minimum Gasteiger partial charge on any atom is -0.342 e. The fourth-order valence-electron chi connectivity index (χ4n) is 2.07. The Morgan fingerprint density at radius 1 is 1.53 bits per heavy atom. The van der Waals surface area contributed by atoms with Crippen molar-refractivity contribution in [1.29, 1.82) is 0 Å². The lowest BCUT2D eigenvalue weighted by Gasteiger charge is -2.16. The van der Waals surface area contributed by atoms with Gasteiger partial charge in [0.05, 0.1) is 0 Å². The highest BCUT2D eigenvalue weighted by atomic mass is 35.5.